The van der Waals surface area contributed by atoms with Gasteiger partial charge in [-0.1, -0.05) is 54.1 Å². The number of ether oxygens (including phenoxy) is 1. The fourth-order valence-electron chi connectivity index (χ4n) is 4.17. The van der Waals surface area contributed by atoms with E-state index in [0.29, 0.717) is 34.8 Å². The number of nitrogens with zero attached hydrogens (tertiary/aromatic N) is 4. The van der Waals surface area contributed by atoms with Crippen LogP contribution in [0.5, 0.6) is 5.75 Å². The quantitative estimate of drug-likeness (QED) is 0.344. The van der Waals surface area contributed by atoms with Crippen molar-refractivity contribution in [3.8, 4) is 11.4 Å². The van der Waals surface area contributed by atoms with E-state index in [0.717, 1.165) is 16.9 Å². The zero-order valence-electron chi connectivity index (χ0n) is 19.1. The molecule has 35 heavy (non-hydrogen) atoms. The average Bonchev–Trinajstić information content (AvgIpc) is 3.29. The van der Waals surface area contributed by atoms with Crippen LogP contribution in [0.15, 0.2) is 94.8 Å². The number of hydrogen-bond acceptors (Lipinski definition) is 4. The minimum absolute atomic E-state index is 0.246. The van der Waals surface area contributed by atoms with Crippen LogP contribution in [0.1, 0.15) is 11.1 Å². The Bertz CT molecular complexity index is 1600. The standard InChI is InChI=1S/C27H23ClN4O3/c1-35-23-9-5-8-20(16-23)17-30-18-29-25-24(30)26(33)31(15-14-19-6-3-2-4-7-19)27(34)32(25)22-12-10-21(28)11-13-22/h2-13,16,18H,14-15,17H2,1H3. The van der Waals surface area contributed by atoms with E-state index in [1.54, 1.807) is 42.3 Å². The first kappa shape index (κ1) is 22.7. The number of aromatic nitrogens is 4. The summed E-state index contributed by atoms with van der Waals surface area (Å²) >= 11 is 6.08. The molecule has 0 spiro atoms. The van der Waals surface area contributed by atoms with E-state index in [9.17, 15) is 9.59 Å². The fraction of sp³-hybridized carbons (Fsp3) is 0.148. The van der Waals surface area contributed by atoms with Gasteiger partial charge in [-0.15, -0.1) is 0 Å². The zero-order chi connectivity index (χ0) is 24.4. The molecule has 0 aliphatic carbocycles. The summed E-state index contributed by atoms with van der Waals surface area (Å²) in [5.41, 5.74) is 2.44. The molecular weight excluding hydrogens is 464 g/mol. The van der Waals surface area contributed by atoms with Gasteiger partial charge in [-0.3, -0.25) is 9.36 Å². The molecule has 0 amide bonds. The van der Waals surface area contributed by atoms with Crippen molar-refractivity contribution < 1.29 is 4.74 Å². The van der Waals surface area contributed by atoms with E-state index in [1.165, 1.54) is 9.13 Å². The number of halogens is 1. The van der Waals surface area contributed by atoms with E-state index in [4.69, 9.17) is 16.3 Å². The van der Waals surface area contributed by atoms with Crippen LogP contribution < -0.4 is 16.0 Å². The van der Waals surface area contributed by atoms with Crippen molar-refractivity contribution >= 4 is 22.8 Å². The highest BCUT2D eigenvalue weighted by Crippen LogP contribution is 2.19. The molecule has 0 aliphatic heterocycles. The fourth-order valence-corrected chi connectivity index (χ4v) is 4.30. The molecule has 0 fully saturated rings. The number of methoxy groups -OCH3 is 1. The third-order valence-electron chi connectivity index (χ3n) is 5.94. The van der Waals surface area contributed by atoms with Crippen LogP contribution in [0.2, 0.25) is 5.02 Å². The topological polar surface area (TPSA) is 71.1 Å². The van der Waals surface area contributed by atoms with E-state index >= 15 is 0 Å². The van der Waals surface area contributed by atoms with Crippen molar-refractivity contribution in [3.05, 3.63) is 122 Å². The van der Waals surface area contributed by atoms with Crippen LogP contribution in [-0.2, 0) is 19.5 Å². The first-order valence-electron chi connectivity index (χ1n) is 11.2. The van der Waals surface area contributed by atoms with Gasteiger partial charge < -0.3 is 9.30 Å². The molecule has 0 atom stereocenters. The normalized spacial score (nSPS) is 11.1. The van der Waals surface area contributed by atoms with Gasteiger partial charge in [-0.25, -0.2) is 14.3 Å². The van der Waals surface area contributed by atoms with Gasteiger partial charge in [-0.05, 0) is 53.9 Å². The smallest absolute Gasteiger partial charge is 0.337 e. The molecular formula is C27H23ClN4O3. The molecule has 176 valence electrons. The Hall–Kier alpha value is -4.10. The molecule has 5 aromatic rings. The lowest BCUT2D eigenvalue weighted by Crippen LogP contribution is -2.40. The lowest BCUT2D eigenvalue weighted by molar-refractivity contribution is 0.414. The molecule has 0 saturated heterocycles. The summed E-state index contributed by atoms with van der Waals surface area (Å²) in [7, 11) is 1.61. The van der Waals surface area contributed by atoms with Crippen molar-refractivity contribution in [2.75, 3.05) is 7.11 Å². The van der Waals surface area contributed by atoms with E-state index in [-0.39, 0.29) is 12.1 Å². The van der Waals surface area contributed by atoms with Crippen molar-refractivity contribution in [3.63, 3.8) is 0 Å². The Morgan fingerprint density at radius 2 is 1.66 bits per heavy atom. The third kappa shape index (κ3) is 4.50. The number of hydrogen-bond donors (Lipinski definition) is 0. The van der Waals surface area contributed by atoms with Gasteiger partial charge in [-0.2, -0.15) is 0 Å². The second kappa shape index (κ2) is 9.64. The molecule has 2 aromatic heterocycles. The molecule has 0 aliphatic rings. The molecule has 8 heteroatoms. The van der Waals surface area contributed by atoms with Gasteiger partial charge in [0.25, 0.3) is 5.56 Å². The summed E-state index contributed by atoms with van der Waals surface area (Å²) in [6.07, 6.45) is 2.14. The Kier molecular flexibility index (Phi) is 6.25. The molecule has 0 saturated carbocycles. The molecule has 2 heterocycles. The second-order valence-corrected chi connectivity index (χ2v) is 8.62. The van der Waals surface area contributed by atoms with E-state index in [2.05, 4.69) is 4.98 Å². The maximum Gasteiger partial charge on any atom is 0.337 e. The van der Waals surface area contributed by atoms with Crippen LogP contribution in [0.4, 0.5) is 0 Å². The van der Waals surface area contributed by atoms with Gasteiger partial charge in [0.15, 0.2) is 11.2 Å². The van der Waals surface area contributed by atoms with Crippen LogP contribution in [0.25, 0.3) is 16.9 Å². The molecule has 0 N–H and O–H groups in total. The molecule has 7 nitrogen and oxygen atoms in total. The monoisotopic (exact) mass is 486 g/mol. The summed E-state index contributed by atoms with van der Waals surface area (Å²) in [5, 5.41) is 0.555. The summed E-state index contributed by atoms with van der Waals surface area (Å²) < 4.78 is 9.87. The number of rotatable bonds is 7. The summed E-state index contributed by atoms with van der Waals surface area (Å²) in [6, 6.07) is 24.3. The highest BCUT2D eigenvalue weighted by Gasteiger charge is 2.19. The number of aryl methyl sites for hydroxylation is 1. The highest BCUT2D eigenvalue weighted by molar-refractivity contribution is 6.30. The number of benzene rings is 3. The number of imidazole rings is 1. The minimum Gasteiger partial charge on any atom is -0.497 e. The summed E-state index contributed by atoms with van der Waals surface area (Å²) in [4.78, 5) is 31.7. The van der Waals surface area contributed by atoms with E-state index < -0.39 is 5.69 Å². The molecule has 3 aromatic carbocycles. The lowest BCUT2D eigenvalue weighted by Gasteiger charge is -2.13. The van der Waals surface area contributed by atoms with Gasteiger partial charge >= 0.3 is 5.69 Å². The second-order valence-electron chi connectivity index (χ2n) is 8.18. The van der Waals surface area contributed by atoms with Crippen LogP contribution >= 0.6 is 11.6 Å². The molecule has 5 rings (SSSR count). The summed E-state index contributed by atoms with van der Waals surface area (Å²) in [6.45, 7) is 0.649. The van der Waals surface area contributed by atoms with Crippen LogP contribution in [0.3, 0.4) is 0 Å². The minimum atomic E-state index is -0.438. The van der Waals surface area contributed by atoms with Crippen molar-refractivity contribution in [1.29, 1.82) is 0 Å². The van der Waals surface area contributed by atoms with Crippen molar-refractivity contribution in [2.45, 2.75) is 19.5 Å². The average molecular weight is 487 g/mol. The van der Waals surface area contributed by atoms with Gasteiger partial charge in [0, 0.05) is 18.1 Å². The van der Waals surface area contributed by atoms with Crippen LogP contribution in [-0.4, -0.2) is 25.8 Å². The van der Waals surface area contributed by atoms with E-state index in [1.807, 2.05) is 54.6 Å². The highest BCUT2D eigenvalue weighted by atomic mass is 35.5. The predicted octanol–water partition coefficient (Wildman–Crippen LogP) is 4.30. The maximum absolute atomic E-state index is 13.6. The van der Waals surface area contributed by atoms with Gasteiger partial charge in [0.2, 0.25) is 0 Å². The van der Waals surface area contributed by atoms with Gasteiger partial charge in [0.05, 0.1) is 19.1 Å². The molecule has 0 radical (unpaired) electrons. The molecule has 0 bridgehead atoms. The lowest BCUT2D eigenvalue weighted by atomic mass is 10.1. The Morgan fingerprint density at radius 3 is 2.40 bits per heavy atom. The number of fused-ring (bicyclic) bond motifs is 1. The molecule has 0 unspecified atom stereocenters. The first-order valence-corrected chi connectivity index (χ1v) is 11.6. The Morgan fingerprint density at radius 1 is 0.914 bits per heavy atom. The Balaban J connectivity index is 1.67. The predicted molar refractivity (Wildman–Crippen MR) is 137 cm³/mol. The maximum atomic E-state index is 13.6. The van der Waals surface area contributed by atoms with Gasteiger partial charge in [0.1, 0.15) is 5.75 Å². The zero-order valence-corrected chi connectivity index (χ0v) is 19.9. The summed E-state index contributed by atoms with van der Waals surface area (Å²) in [5.74, 6) is 0.727. The Labute approximate surface area is 206 Å². The van der Waals surface area contributed by atoms with Crippen molar-refractivity contribution in [2.24, 2.45) is 0 Å². The SMILES string of the molecule is COc1cccc(Cn2cnc3c2c(=O)n(CCc2ccccc2)c(=O)n3-c2ccc(Cl)cc2)c1. The largest absolute Gasteiger partial charge is 0.497 e. The van der Waals surface area contributed by atoms with Crippen LogP contribution in [0, 0.1) is 0 Å². The third-order valence-corrected chi connectivity index (χ3v) is 6.19. The first-order chi connectivity index (χ1) is 17.0. The van der Waals surface area contributed by atoms with Crippen molar-refractivity contribution in [1.82, 2.24) is 18.7 Å².